The fraction of sp³-hybridized carbons (Fsp3) is 0.118. The third-order valence-electron chi connectivity index (χ3n) is 3.19. The number of fused-ring (bicyclic) bond motifs is 1. The fourth-order valence-electron chi connectivity index (χ4n) is 2.05. The minimum atomic E-state index is -0.252. The summed E-state index contributed by atoms with van der Waals surface area (Å²) in [7, 11) is 1.58. The maximum atomic E-state index is 11.9. The minimum absolute atomic E-state index is 0.153. The maximum absolute atomic E-state index is 11.9. The first-order chi connectivity index (χ1) is 12.2. The molecule has 0 aliphatic carbocycles. The third-order valence-corrected chi connectivity index (χ3v) is 4.51. The van der Waals surface area contributed by atoms with Crippen molar-refractivity contribution in [3.05, 3.63) is 52.5 Å². The highest BCUT2D eigenvalue weighted by Gasteiger charge is 2.08. The number of methoxy groups -OCH3 is 1. The van der Waals surface area contributed by atoms with E-state index in [9.17, 15) is 4.79 Å². The number of aromatic nitrogens is 1. The SMILES string of the molecule is COc1ccc(Br)cc1C=NNC(=O)CSc1nc2ccccc2o1. The van der Waals surface area contributed by atoms with Crippen molar-refractivity contribution >= 4 is 50.9 Å². The van der Waals surface area contributed by atoms with Gasteiger partial charge in [-0.15, -0.1) is 0 Å². The molecule has 0 spiro atoms. The number of ether oxygens (including phenoxy) is 1. The van der Waals surface area contributed by atoms with Gasteiger partial charge in [0.2, 0.25) is 0 Å². The van der Waals surface area contributed by atoms with Crippen LogP contribution in [-0.4, -0.2) is 30.0 Å². The molecule has 6 nitrogen and oxygen atoms in total. The van der Waals surface area contributed by atoms with E-state index in [-0.39, 0.29) is 11.7 Å². The Morgan fingerprint density at radius 1 is 1.40 bits per heavy atom. The third kappa shape index (κ3) is 4.61. The van der Waals surface area contributed by atoms with Crippen LogP contribution in [-0.2, 0) is 4.79 Å². The first-order valence-corrected chi connectivity index (χ1v) is 9.07. The van der Waals surface area contributed by atoms with Crippen LogP contribution in [0.3, 0.4) is 0 Å². The Morgan fingerprint density at radius 2 is 2.24 bits per heavy atom. The van der Waals surface area contributed by atoms with Gasteiger partial charge in [0.15, 0.2) is 5.58 Å². The number of benzene rings is 2. The van der Waals surface area contributed by atoms with E-state index in [0.29, 0.717) is 16.6 Å². The van der Waals surface area contributed by atoms with Gasteiger partial charge < -0.3 is 9.15 Å². The van der Waals surface area contributed by atoms with Crippen LogP contribution >= 0.6 is 27.7 Å². The summed E-state index contributed by atoms with van der Waals surface area (Å²) >= 11 is 4.60. The van der Waals surface area contributed by atoms with Gasteiger partial charge in [-0.2, -0.15) is 5.10 Å². The first-order valence-electron chi connectivity index (χ1n) is 7.29. The molecule has 1 N–H and O–H groups in total. The molecule has 0 fully saturated rings. The molecule has 1 aromatic heterocycles. The molecule has 0 bridgehead atoms. The summed E-state index contributed by atoms with van der Waals surface area (Å²) < 4.78 is 11.7. The second-order valence-electron chi connectivity index (χ2n) is 4.92. The quantitative estimate of drug-likeness (QED) is 0.373. The lowest BCUT2D eigenvalue weighted by Crippen LogP contribution is -2.19. The highest BCUT2D eigenvalue weighted by molar-refractivity contribution is 9.10. The normalized spacial score (nSPS) is 11.1. The largest absolute Gasteiger partial charge is 0.496 e. The summed E-state index contributed by atoms with van der Waals surface area (Å²) in [6.45, 7) is 0. The van der Waals surface area contributed by atoms with Crippen molar-refractivity contribution in [1.29, 1.82) is 0 Å². The molecule has 8 heteroatoms. The number of nitrogens with zero attached hydrogens (tertiary/aromatic N) is 2. The molecule has 0 aliphatic rings. The Balaban J connectivity index is 1.55. The fourth-order valence-corrected chi connectivity index (χ4v) is 3.06. The summed E-state index contributed by atoms with van der Waals surface area (Å²) in [5.41, 5.74) is 4.70. The van der Waals surface area contributed by atoms with E-state index in [0.717, 1.165) is 15.6 Å². The Bertz CT molecular complexity index is 893. The van der Waals surface area contributed by atoms with E-state index < -0.39 is 0 Å². The van der Waals surface area contributed by atoms with Gasteiger partial charge in [0.05, 0.1) is 19.1 Å². The van der Waals surface area contributed by atoms with Gasteiger partial charge in [0.1, 0.15) is 11.3 Å². The molecule has 3 aromatic rings. The number of hydrazone groups is 1. The van der Waals surface area contributed by atoms with Gasteiger partial charge in [-0.1, -0.05) is 39.8 Å². The number of amides is 1. The van der Waals surface area contributed by atoms with Crippen molar-refractivity contribution in [3.8, 4) is 5.75 Å². The number of carbonyl (C=O) groups is 1. The van der Waals surface area contributed by atoms with Gasteiger partial charge in [-0.3, -0.25) is 4.79 Å². The van der Waals surface area contributed by atoms with Gasteiger partial charge in [-0.05, 0) is 30.3 Å². The van der Waals surface area contributed by atoms with E-state index in [2.05, 4.69) is 31.4 Å². The monoisotopic (exact) mass is 419 g/mol. The molecule has 0 saturated heterocycles. The summed E-state index contributed by atoms with van der Waals surface area (Å²) in [6, 6.07) is 13.0. The Labute approximate surface area is 156 Å². The molecule has 1 amide bonds. The molecule has 3 rings (SSSR count). The van der Waals surface area contributed by atoms with E-state index >= 15 is 0 Å². The lowest BCUT2D eigenvalue weighted by Gasteiger charge is -2.04. The van der Waals surface area contributed by atoms with Crippen LogP contribution in [0.1, 0.15) is 5.56 Å². The molecule has 2 aromatic carbocycles. The molecule has 0 radical (unpaired) electrons. The van der Waals surface area contributed by atoms with Crippen molar-refractivity contribution < 1.29 is 13.9 Å². The van der Waals surface area contributed by atoms with E-state index in [1.807, 2.05) is 42.5 Å². The van der Waals surface area contributed by atoms with Crippen molar-refractivity contribution in [2.75, 3.05) is 12.9 Å². The highest BCUT2D eigenvalue weighted by Crippen LogP contribution is 2.23. The van der Waals surface area contributed by atoms with Crippen LogP contribution in [0, 0.1) is 0 Å². The lowest BCUT2D eigenvalue weighted by atomic mass is 10.2. The smallest absolute Gasteiger partial charge is 0.257 e. The zero-order chi connectivity index (χ0) is 17.6. The number of carbonyl (C=O) groups excluding carboxylic acids is 1. The second-order valence-corrected chi connectivity index (χ2v) is 6.76. The Kier molecular flexibility index (Phi) is 5.72. The number of para-hydroxylation sites is 2. The number of hydrogen-bond acceptors (Lipinski definition) is 6. The van der Waals surface area contributed by atoms with Crippen LogP contribution in [0.15, 0.2) is 61.7 Å². The lowest BCUT2D eigenvalue weighted by molar-refractivity contribution is -0.118. The molecule has 128 valence electrons. The van der Waals surface area contributed by atoms with Gasteiger partial charge in [0.25, 0.3) is 11.1 Å². The Morgan fingerprint density at radius 3 is 3.04 bits per heavy atom. The topological polar surface area (TPSA) is 76.7 Å². The van der Waals surface area contributed by atoms with E-state index in [1.54, 1.807) is 7.11 Å². The minimum Gasteiger partial charge on any atom is -0.496 e. The van der Waals surface area contributed by atoms with Gasteiger partial charge in [0, 0.05) is 10.0 Å². The molecular weight excluding hydrogens is 406 g/mol. The van der Waals surface area contributed by atoms with Crippen LogP contribution < -0.4 is 10.2 Å². The summed E-state index contributed by atoms with van der Waals surface area (Å²) in [4.78, 5) is 16.2. The number of thioether (sulfide) groups is 1. The predicted octanol–water partition coefficient (Wildman–Crippen LogP) is 3.84. The van der Waals surface area contributed by atoms with Crippen LogP contribution in [0.2, 0.25) is 0 Å². The van der Waals surface area contributed by atoms with E-state index in [1.165, 1.54) is 18.0 Å². The molecular formula is C17H14BrN3O3S. The number of oxazole rings is 1. The van der Waals surface area contributed by atoms with E-state index in [4.69, 9.17) is 9.15 Å². The molecule has 25 heavy (non-hydrogen) atoms. The zero-order valence-electron chi connectivity index (χ0n) is 13.2. The first kappa shape index (κ1) is 17.5. The highest BCUT2D eigenvalue weighted by atomic mass is 79.9. The summed E-state index contributed by atoms with van der Waals surface area (Å²) in [5, 5.41) is 4.41. The van der Waals surface area contributed by atoms with Crippen LogP contribution in [0.5, 0.6) is 5.75 Å². The molecule has 0 aliphatic heterocycles. The number of rotatable bonds is 6. The van der Waals surface area contributed by atoms with Crippen molar-refractivity contribution in [3.63, 3.8) is 0 Å². The Hall–Kier alpha value is -2.32. The molecule has 0 saturated carbocycles. The molecule has 0 atom stereocenters. The summed E-state index contributed by atoms with van der Waals surface area (Å²) in [5.74, 6) is 0.569. The zero-order valence-corrected chi connectivity index (χ0v) is 15.6. The van der Waals surface area contributed by atoms with Crippen LogP contribution in [0.4, 0.5) is 0 Å². The van der Waals surface area contributed by atoms with Gasteiger partial charge in [-0.25, -0.2) is 10.4 Å². The average Bonchev–Trinajstić information content (AvgIpc) is 3.03. The van der Waals surface area contributed by atoms with Gasteiger partial charge >= 0.3 is 0 Å². The van der Waals surface area contributed by atoms with Crippen molar-refractivity contribution in [2.24, 2.45) is 5.10 Å². The molecule has 0 unspecified atom stereocenters. The van der Waals surface area contributed by atoms with Crippen LogP contribution in [0.25, 0.3) is 11.1 Å². The van der Waals surface area contributed by atoms with Crippen molar-refractivity contribution in [1.82, 2.24) is 10.4 Å². The summed E-state index contributed by atoms with van der Waals surface area (Å²) in [6.07, 6.45) is 1.53. The van der Waals surface area contributed by atoms with Crippen molar-refractivity contribution in [2.45, 2.75) is 5.22 Å². The molecule has 1 heterocycles. The number of halogens is 1. The number of hydrogen-bond donors (Lipinski definition) is 1. The standard InChI is InChI=1S/C17H14BrN3O3S/c1-23-14-7-6-12(18)8-11(14)9-19-21-16(22)10-25-17-20-13-4-2-3-5-15(13)24-17/h2-9H,10H2,1H3,(H,21,22). The average molecular weight is 420 g/mol. The number of nitrogens with one attached hydrogen (secondary N) is 1. The predicted molar refractivity (Wildman–Crippen MR) is 101 cm³/mol. The maximum Gasteiger partial charge on any atom is 0.257 e. The second kappa shape index (κ2) is 8.17.